The standard InChI is InChI=1S/C27H24N4O3/c1-18-9-11-20(12-10-18)25-24(17-30(28-25)22-7-5-4-6-8-22)27-31(19(2)32)29-26(34-27)21-13-15-23(33-3)16-14-21/h4-17,27H,1-3H3. The molecule has 4 aromatic rings. The topological polar surface area (TPSA) is 69.0 Å². The zero-order chi connectivity index (χ0) is 23.7. The third kappa shape index (κ3) is 4.03. The second-order valence-corrected chi connectivity index (χ2v) is 8.05. The number of hydrogen-bond acceptors (Lipinski definition) is 5. The highest BCUT2D eigenvalue weighted by atomic mass is 16.5. The number of aryl methyl sites for hydroxylation is 1. The molecule has 2 heterocycles. The van der Waals surface area contributed by atoms with E-state index in [-0.39, 0.29) is 5.91 Å². The van der Waals surface area contributed by atoms with E-state index in [9.17, 15) is 4.79 Å². The van der Waals surface area contributed by atoms with Crippen LogP contribution in [0.5, 0.6) is 5.75 Å². The fourth-order valence-corrected chi connectivity index (χ4v) is 3.84. The predicted molar refractivity (Wildman–Crippen MR) is 130 cm³/mol. The van der Waals surface area contributed by atoms with Crippen LogP contribution in [-0.4, -0.2) is 33.7 Å². The molecule has 34 heavy (non-hydrogen) atoms. The van der Waals surface area contributed by atoms with E-state index in [0.29, 0.717) is 5.90 Å². The van der Waals surface area contributed by atoms with Crippen LogP contribution in [0, 0.1) is 6.92 Å². The molecule has 0 N–H and O–H groups in total. The van der Waals surface area contributed by atoms with Gasteiger partial charge in [0.1, 0.15) is 11.4 Å². The van der Waals surface area contributed by atoms with Crippen LogP contribution in [-0.2, 0) is 9.53 Å². The van der Waals surface area contributed by atoms with E-state index in [1.54, 1.807) is 11.8 Å². The summed E-state index contributed by atoms with van der Waals surface area (Å²) in [5, 5.41) is 10.7. The largest absolute Gasteiger partial charge is 0.497 e. The van der Waals surface area contributed by atoms with Crippen molar-refractivity contribution in [3.05, 3.63) is 102 Å². The van der Waals surface area contributed by atoms with Gasteiger partial charge >= 0.3 is 0 Å². The summed E-state index contributed by atoms with van der Waals surface area (Å²) in [5.41, 5.74) is 5.22. The normalized spacial score (nSPS) is 15.1. The molecule has 0 saturated heterocycles. The Morgan fingerprint density at radius 3 is 2.26 bits per heavy atom. The number of hydrazone groups is 1. The van der Waals surface area contributed by atoms with Crippen molar-refractivity contribution in [1.82, 2.24) is 14.8 Å². The molecule has 1 aliphatic rings. The molecule has 1 aromatic heterocycles. The molecule has 7 nitrogen and oxygen atoms in total. The minimum absolute atomic E-state index is 0.226. The van der Waals surface area contributed by atoms with Crippen LogP contribution in [0.15, 0.2) is 90.2 Å². The second-order valence-electron chi connectivity index (χ2n) is 8.05. The predicted octanol–water partition coefficient (Wildman–Crippen LogP) is 5.10. The first-order valence-electron chi connectivity index (χ1n) is 10.9. The first-order valence-corrected chi connectivity index (χ1v) is 10.9. The maximum absolute atomic E-state index is 12.6. The number of amides is 1. The molecule has 0 fully saturated rings. The minimum atomic E-state index is -0.747. The summed E-state index contributed by atoms with van der Waals surface area (Å²) in [6.07, 6.45) is 1.15. The highest BCUT2D eigenvalue weighted by molar-refractivity contribution is 5.96. The molecular formula is C27H24N4O3. The first-order chi connectivity index (χ1) is 16.5. The maximum atomic E-state index is 12.6. The van der Waals surface area contributed by atoms with Gasteiger partial charge in [-0.1, -0.05) is 48.0 Å². The average molecular weight is 453 g/mol. The molecule has 0 spiro atoms. The Balaban J connectivity index is 1.59. The summed E-state index contributed by atoms with van der Waals surface area (Å²) in [7, 11) is 1.61. The van der Waals surface area contributed by atoms with Crippen LogP contribution in [0.3, 0.4) is 0 Å². The van der Waals surface area contributed by atoms with E-state index >= 15 is 0 Å². The van der Waals surface area contributed by atoms with E-state index in [1.807, 2.05) is 92.0 Å². The van der Waals surface area contributed by atoms with Crippen molar-refractivity contribution >= 4 is 11.8 Å². The number of aromatic nitrogens is 2. The summed E-state index contributed by atoms with van der Waals surface area (Å²) >= 11 is 0. The number of carbonyl (C=O) groups is 1. The molecule has 0 aliphatic carbocycles. The van der Waals surface area contributed by atoms with Gasteiger partial charge in [0.25, 0.3) is 0 Å². The molecule has 7 heteroatoms. The van der Waals surface area contributed by atoms with Crippen LogP contribution in [0.2, 0.25) is 0 Å². The number of rotatable bonds is 5. The Kier molecular flexibility index (Phi) is 5.59. The zero-order valence-electron chi connectivity index (χ0n) is 19.2. The number of carbonyl (C=O) groups excluding carboxylic acids is 1. The van der Waals surface area contributed by atoms with Crippen LogP contribution < -0.4 is 4.74 Å². The van der Waals surface area contributed by atoms with Gasteiger partial charge in [0, 0.05) is 24.2 Å². The van der Waals surface area contributed by atoms with Crippen molar-refractivity contribution in [2.45, 2.75) is 20.1 Å². The van der Waals surface area contributed by atoms with Gasteiger partial charge in [-0.15, -0.1) is 5.10 Å². The Morgan fingerprint density at radius 1 is 0.941 bits per heavy atom. The number of methoxy groups -OCH3 is 1. The summed E-state index contributed by atoms with van der Waals surface area (Å²) in [5.74, 6) is 0.870. The molecule has 3 aromatic carbocycles. The first kappa shape index (κ1) is 21.5. The number of benzene rings is 3. The molecule has 170 valence electrons. The highest BCUT2D eigenvalue weighted by Crippen LogP contribution is 2.36. The van der Waals surface area contributed by atoms with Gasteiger partial charge in [-0.2, -0.15) is 10.1 Å². The van der Waals surface area contributed by atoms with Crippen molar-refractivity contribution in [2.75, 3.05) is 7.11 Å². The number of para-hydroxylation sites is 1. The maximum Gasteiger partial charge on any atom is 0.243 e. The number of nitrogens with zero attached hydrogens (tertiary/aromatic N) is 4. The monoisotopic (exact) mass is 452 g/mol. The lowest BCUT2D eigenvalue weighted by atomic mass is 10.1. The third-order valence-corrected chi connectivity index (χ3v) is 5.66. The van der Waals surface area contributed by atoms with Crippen LogP contribution in [0.4, 0.5) is 0 Å². The van der Waals surface area contributed by atoms with E-state index < -0.39 is 6.23 Å². The van der Waals surface area contributed by atoms with E-state index in [0.717, 1.165) is 39.4 Å². The van der Waals surface area contributed by atoms with Crippen molar-refractivity contribution in [3.8, 4) is 22.7 Å². The van der Waals surface area contributed by atoms with Crippen molar-refractivity contribution < 1.29 is 14.3 Å². The van der Waals surface area contributed by atoms with Gasteiger partial charge < -0.3 is 9.47 Å². The van der Waals surface area contributed by atoms with E-state index in [1.165, 1.54) is 11.9 Å². The van der Waals surface area contributed by atoms with Crippen LogP contribution in [0.25, 0.3) is 16.9 Å². The molecule has 0 radical (unpaired) electrons. The van der Waals surface area contributed by atoms with Crippen LogP contribution >= 0.6 is 0 Å². The minimum Gasteiger partial charge on any atom is -0.497 e. The van der Waals surface area contributed by atoms with Gasteiger partial charge in [0.2, 0.25) is 18.0 Å². The zero-order valence-corrected chi connectivity index (χ0v) is 19.2. The average Bonchev–Trinajstić information content (AvgIpc) is 3.50. The molecule has 1 atom stereocenters. The van der Waals surface area contributed by atoms with Gasteiger partial charge in [-0.3, -0.25) is 4.79 Å². The molecule has 5 rings (SSSR count). The SMILES string of the molecule is COc1ccc(C2=NN(C(C)=O)C(c3cn(-c4ccccc4)nc3-c3ccc(C)cc3)O2)cc1. The second kappa shape index (κ2) is 8.86. The Bertz CT molecular complexity index is 1340. The van der Waals surface area contributed by atoms with Crippen molar-refractivity contribution in [3.63, 3.8) is 0 Å². The number of hydrogen-bond donors (Lipinski definition) is 0. The lowest BCUT2D eigenvalue weighted by Gasteiger charge is -2.19. The Labute approximate surface area is 197 Å². The Morgan fingerprint density at radius 2 is 1.62 bits per heavy atom. The summed E-state index contributed by atoms with van der Waals surface area (Å²) in [4.78, 5) is 12.6. The smallest absolute Gasteiger partial charge is 0.243 e. The van der Waals surface area contributed by atoms with Gasteiger partial charge in [0.05, 0.1) is 18.4 Å². The molecule has 1 aliphatic heterocycles. The molecule has 1 unspecified atom stereocenters. The highest BCUT2D eigenvalue weighted by Gasteiger charge is 2.36. The third-order valence-electron chi connectivity index (χ3n) is 5.66. The van der Waals surface area contributed by atoms with E-state index in [4.69, 9.17) is 14.6 Å². The summed E-state index contributed by atoms with van der Waals surface area (Å²) in [6, 6.07) is 25.3. The quantitative estimate of drug-likeness (QED) is 0.423. The van der Waals surface area contributed by atoms with Gasteiger partial charge in [0.15, 0.2) is 0 Å². The molecule has 1 amide bonds. The summed E-state index contributed by atoms with van der Waals surface area (Å²) < 4.78 is 13.3. The molecular weight excluding hydrogens is 428 g/mol. The van der Waals surface area contributed by atoms with Crippen molar-refractivity contribution in [2.24, 2.45) is 5.10 Å². The summed E-state index contributed by atoms with van der Waals surface area (Å²) in [6.45, 7) is 3.52. The lowest BCUT2D eigenvalue weighted by Crippen LogP contribution is -2.25. The fraction of sp³-hybridized carbons (Fsp3) is 0.148. The lowest BCUT2D eigenvalue weighted by molar-refractivity contribution is -0.135. The number of ether oxygens (including phenoxy) is 2. The fourth-order valence-electron chi connectivity index (χ4n) is 3.84. The molecule has 0 saturated carbocycles. The van der Waals surface area contributed by atoms with Crippen molar-refractivity contribution in [1.29, 1.82) is 0 Å². The van der Waals surface area contributed by atoms with Gasteiger partial charge in [-0.25, -0.2) is 4.68 Å². The van der Waals surface area contributed by atoms with Crippen LogP contribution in [0.1, 0.15) is 29.8 Å². The van der Waals surface area contributed by atoms with E-state index in [2.05, 4.69) is 5.10 Å². The molecule has 0 bridgehead atoms. The Hall–Kier alpha value is -4.39. The van der Waals surface area contributed by atoms with Gasteiger partial charge in [-0.05, 0) is 43.3 Å².